The number of rotatable bonds is 7. The first-order valence-electron chi connectivity index (χ1n) is 9.38. The SMILES string of the molecule is COCCn1c(C)cc(C(=O)CN2C(=O)NC(C)(c3cc(F)ccc3F)C2=O)c1C. The summed E-state index contributed by atoms with van der Waals surface area (Å²) in [7, 11) is 1.58. The fourth-order valence-corrected chi connectivity index (χ4v) is 3.74. The molecule has 1 atom stereocenters. The minimum Gasteiger partial charge on any atom is -0.383 e. The fourth-order valence-electron chi connectivity index (χ4n) is 3.74. The minimum atomic E-state index is -1.81. The van der Waals surface area contributed by atoms with E-state index in [2.05, 4.69) is 5.32 Å². The molecule has 0 radical (unpaired) electrons. The van der Waals surface area contributed by atoms with Crippen molar-refractivity contribution in [3.05, 3.63) is 58.4 Å². The molecule has 30 heavy (non-hydrogen) atoms. The molecule has 9 heteroatoms. The highest BCUT2D eigenvalue weighted by molar-refractivity contribution is 6.11. The average molecular weight is 419 g/mol. The maximum Gasteiger partial charge on any atom is 0.325 e. The normalized spacial score (nSPS) is 18.8. The van der Waals surface area contributed by atoms with Gasteiger partial charge in [-0.1, -0.05) is 0 Å². The zero-order valence-corrected chi connectivity index (χ0v) is 17.2. The Kier molecular flexibility index (Phi) is 5.76. The summed E-state index contributed by atoms with van der Waals surface area (Å²) in [5.74, 6) is -2.83. The van der Waals surface area contributed by atoms with Gasteiger partial charge < -0.3 is 14.6 Å². The predicted molar refractivity (Wildman–Crippen MR) is 104 cm³/mol. The second kappa shape index (κ2) is 7.98. The fraction of sp³-hybridized carbons (Fsp3) is 0.381. The number of amides is 3. The summed E-state index contributed by atoms with van der Waals surface area (Å²) in [6.45, 7) is 5.42. The van der Waals surface area contributed by atoms with Crippen LogP contribution in [0.2, 0.25) is 0 Å². The number of halogens is 2. The van der Waals surface area contributed by atoms with Gasteiger partial charge in [-0.05, 0) is 45.0 Å². The molecular weight excluding hydrogens is 396 g/mol. The van der Waals surface area contributed by atoms with Crippen molar-refractivity contribution in [3.63, 3.8) is 0 Å². The Balaban J connectivity index is 1.86. The van der Waals surface area contributed by atoms with Gasteiger partial charge in [0.1, 0.15) is 17.2 Å². The van der Waals surface area contributed by atoms with Crippen molar-refractivity contribution < 1.29 is 27.9 Å². The number of aryl methyl sites for hydroxylation is 1. The number of imide groups is 1. The van der Waals surface area contributed by atoms with Crippen molar-refractivity contribution >= 4 is 17.7 Å². The molecule has 3 amide bonds. The highest BCUT2D eigenvalue weighted by Crippen LogP contribution is 2.31. The number of urea groups is 1. The second-order valence-electron chi connectivity index (χ2n) is 7.42. The molecule has 1 unspecified atom stereocenters. The van der Waals surface area contributed by atoms with E-state index in [-0.39, 0.29) is 5.56 Å². The van der Waals surface area contributed by atoms with Crippen molar-refractivity contribution in [1.82, 2.24) is 14.8 Å². The first-order valence-corrected chi connectivity index (χ1v) is 9.38. The van der Waals surface area contributed by atoms with E-state index in [1.165, 1.54) is 6.92 Å². The van der Waals surface area contributed by atoms with Crippen molar-refractivity contribution in [2.45, 2.75) is 32.9 Å². The third kappa shape index (κ3) is 3.60. The standard InChI is InChI=1S/C21H23F2N3O4/c1-12-9-15(13(2)25(12)7-8-30-4)18(27)11-26-19(28)21(3,24-20(26)29)16-10-14(22)5-6-17(16)23/h5-6,9-10H,7-8,11H2,1-4H3,(H,24,29). The zero-order chi connectivity index (χ0) is 22.2. The molecule has 2 aromatic rings. The molecule has 0 saturated carbocycles. The molecule has 1 saturated heterocycles. The number of carbonyl (C=O) groups is 3. The molecule has 1 aromatic heterocycles. The Morgan fingerprint density at radius 1 is 1.20 bits per heavy atom. The van der Waals surface area contributed by atoms with Crippen LogP contribution in [0, 0.1) is 25.5 Å². The summed E-state index contributed by atoms with van der Waals surface area (Å²) >= 11 is 0. The maximum absolute atomic E-state index is 14.3. The van der Waals surface area contributed by atoms with E-state index in [4.69, 9.17) is 4.74 Å². The third-order valence-electron chi connectivity index (χ3n) is 5.44. The number of benzene rings is 1. The molecule has 0 spiro atoms. The van der Waals surface area contributed by atoms with Crippen LogP contribution in [0.4, 0.5) is 13.6 Å². The Bertz CT molecular complexity index is 1030. The van der Waals surface area contributed by atoms with E-state index in [0.717, 1.165) is 28.8 Å². The van der Waals surface area contributed by atoms with E-state index in [1.54, 1.807) is 20.1 Å². The van der Waals surface area contributed by atoms with Crippen LogP contribution >= 0.6 is 0 Å². The lowest BCUT2D eigenvalue weighted by atomic mass is 9.91. The topological polar surface area (TPSA) is 80.6 Å². The van der Waals surface area contributed by atoms with Gasteiger partial charge in [-0.2, -0.15) is 0 Å². The first kappa shape index (κ1) is 21.6. The molecule has 7 nitrogen and oxygen atoms in total. The van der Waals surface area contributed by atoms with E-state index in [9.17, 15) is 23.2 Å². The van der Waals surface area contributed by atoms with Crippen molar-refractivity contribution in [2.75, 3.05) is 20.3 Å². The molecule has 1 aromatic carbocycles. The summed E-state index contributed by atoms with van der Waals surface area (Å²) in [5.41, 5.74) is -0.181. The van der Waals surface area contributed by atoms with Crippen molar-refractivity contribution in [3.8, 4) is 0 Å². The van der Waals surface area contributed by atoms with Crippen LogP contribution in [0.3, 0.4) is 0 Å². The molecule has 1 N–H and O–H groups in total. The molecule has 0 bridgehead atoms. The number of ketones is 1. The van der Waals surface area contributed by atoms with Gasteiger partial charge in [0.25, 0.3) is 5.91 Å². The van der Waals surface area contributed by atoms with E-state index in [1.807, 2.05) is 11.5 Å². The Morgan fingerprint density at radius 3 is 2.57 bits per heavy atom. The number of ether oxygens (including phenoxy) is 1. The summed E-state index contributed by atoms with van der Waals surface area (Å²) < 4.78 is 34.9. The Labute approximate surface area is 172 Å². The molecule has 1 fully saturated rings. The number of carbonyl (C=O) groups excluding carboxylic acids is 3. The number of methoxy groups -OCH3 is 1. The predicted octanol–water partition coefficient (Wildman–Crippen LogP) is 2.68. The summed E-state index contributed by atoms with van der Waals surface area (Å²) in [6, 6.07) is 3.52. The number of hydrogen-bond donors (Lipinski definition) is 1. The number of hydrogen-bond acceptors (Lipinski definition) is 4. The van der Waals surface area contributed by atoms with Crippen LogP contribution in [0.25, 0.3) is 0 Å². The van der Waals surface area contributed by atoms with Gasteiger partial charge >= 0.3 is 6.03 Å². The molecule has 1 aliphatic heterocycles. The smallest absolute Gasteiger partial charge is 0.325 e. The quantitative estimate of drug-likeness (QED) is 0.553. The van der Waals surface area contributed by atoms with Gasteiger partial charge in [-0.3, -0.25) is 14.5 Å². The number of nitrogens with one attached hydrogen (secondary N) is 1. The number of aromatic nitrogens is 1. The summed E-state index contributed by atoms with van der Waals surface area (Å²) in [5, 5.41) is 2.39. The molecule has 0 aliphatic carbocycles. The average Bonchev–Trinajstić information content (AvgIpc) is 3.09. The van der Waals surface area contributed by atoms with E-state index < -0.39 is 41.4 Å². The van der Waals surface area contributed by atoms with Crippen LogP contribution in [0.5, 0.6) is 0 Å². The zero-order valence-electron chi connectivity index (χ0n) is 17.2. The second-order valence-corrected chi connectivity index (χ2v) is 7.42. The largest absolute Gasteiger partial charge is 0.383 e. The molecule has 160 valence electrons. The van der Waals surface area contributed by atoms with Crippen molar-refractivity contribution in [1.29, 1.82) is 0 Å². The third-order valence-corrected chi connectivity index (χ3v) is 5.44. The van der Waals surface area contributed by atoms with Crippen LogP contribution < -0.4 is 5.32 Å². The van der Waals surface area contributed by atoms with Crippen LogP contribution in [0.1, 0.15) is 34.2 Å². The monoisotopic (exact) mass is 419 g/mol. The van der Waals surface area contributed by atoms with E-state index >= 15 is 0 Å². The first-order chi connectivity index (χ1) is 14.1. The highest BCUT2D eigenvalue weighted by Gasteiger charge is 2.51. The van der Waals surface area contributed by atoms with E-state index in [0.29, 0.717) is 24.4 Å². The van der Waals surface area contributed by atoms with Crippen LogP contribution in [-0.4, -0.2) is 47.4 Å². The Morgan fingerprint density at radius 2 is 1.90 bits per heavy atom. The van der Waals surface area contributed by atoms with Gasteiger partial charge in [-0.15, -0.1) is 0 Å². The number of nitrogens with zero attached hydrogens (tertiary/aromatic N) is 2. The van der Waals surface area contributed by atoms with Crippen LogP contribution in [-0.2, 0) is 21.6 Å². The number of Topliss-reactive ketones (excluding diaryl/α,β-unsaturated/α-hetero) is 1. The molecule has 1 aliphatic rings. The van der Waals surface area contributed by atoms with Crippen molar-refractivity contribution in [2.24, 2.45) is 0 Å². The lowest BCUT2D eigenvalue weighted by molar-refractivity contribution is -0.130. The highest BCUT2D eigenvalue weighted by atomic mass is 19.1. The minimum absolute atomic E-state index is 0.298. The van der Waals surface area contributed by atoms with Crippen LogP contribution in [0.15, 0.2) is 24.3 Å². The van der Waals surface area contributed by atoms with Gasteiger partial charge in [0.15, 0.2) is 5.78 Å². The van der Waals surface area contributed by atoms with Gasteiger partial charge in [0.05, 0.1) is 13.2 Å². The summed E-state index contributed by atoms with van der Waals surface area (Å²) in [4.78, 5) is 39.0. The van der Waals surface area contributed by atoms with Gasteiger partial charge in [0.2, 0.25) is 0 Å². The summed E-state index contributed by atoms with van der Waals surface area (Å²) in [6.07, 6.45) is 0. The molecule has 2 heterocycles. The molecule has 3 rings (SSSR count). The molecular formula is C21H23F2N3O4. The lowest BCUT2D eigenvalue weighted by Crippen LogP contribution is -2.42. The maximum atomic E-state index is 14.3. The van der Waals surface area contributed by atoms with Gasteiger partial charge in [-0.25, -0.2) is 13.6 Å². The lowest BCUT2D eigenvalue weighted by Gasteiger charge is -2.22. The Hall–Kier alpha value is -3.07. The van der Waals surface area contributed by atoms with Gasteiger partial charge in [0, 0.05) is 36.2 Å².